The van der Waals surface area contributed by atoms with Gasteiger partial charge in [0.2, 0.25) is 0 Å². The molecule has 0 aliphatic rings. The molecule has 0 bridgehead atoms. The zero-order chi connectivity index (χ0) is 13.4. The van der Waals surface area contributed by atoms with Crippen LogP contribution < -0.4 is 4.74 Å². The summed E-state index contributed by atoms with van der Waals surface area (Å²) in [6.07, 6.45) is 2.62. The smallest absolute Gasteiger partial charge is 0.257 e. The average molecular weight is 251 g/mol. The summed E-state index contributed by atoms with van der Waals surface area (Å²) >= 11 is 0. The van der Waals surface area contributed by atoms with Crippen molar-refractivity contribution in [1.29, 1.82) is 0 Å². The van der Waals surface area contributed by atoms with Crippen LogP contribution in [0.15, 0.2) is 24.3 Å². The van der Waals surface area contributed by atoms with Gasteiger partial charge in [-0.15, -0.1) is 0 Å². The number of ether oxygens (including phenoxy) is 1. The highest BCUT2D eigenvalue weighted by Crippen LogP contribution is 2.18. The summed E-state index contributed by atoms with van der Waals surface area (Å²) in [5.41, 5.74) is 0.588. The number of hydrogen-bond donors (Lipinski definition) is 1. The van der Waals surface area contributed by atoms with Crippen molar-refractivity contribution in [3.63, 3.8) is 0 Å². The van der Waals surface area contributed by atoms with Gasteiger partial charge >= 0.3 is 0 Å². The zero-order valence-corrected chi connectivity index (χ0v) is 11.1. The van der Waals surface area contributed by atoms with Crippen molar-refractivity contribution < 1.29 is 14.6 Å². The number of methoxy groups -OCH3 is 1. The van der Waals surface area contributed by atoms with Crippen molar-refractivity contribution in [1.82, 2.24) is 4.90 Å². The van der Waals surface area contributed by atoms with E-state index in [0.717, 1.165) is 19.3 Å². The molecule has 0 saturated carbocycles. The van der Waals surface area contributed by atoms with E-state index >= 15 is 0 Å². The molecule has 0 radical (unpaired) electrons. The summed E-state index contributed by atoms with van der Waals surface area (Å²) < 4.78 is 5.18. The van der Waals surface area contributed by atoms with E-state index in [-0.39, 0.29) is 12.5 Å². The number of aliphatic hydroxyl groups is 1. The van der Waals surface area contributed by atoms with E-state index in [0.29, 0.717) is 17.9 Å². The maximum Gasteiger partial charge on any atom is 0.257 e. The summed E-state index contributed by atoms with van der Waals surface area (Å²) in [6, 6.07) is 7.23. The van der Waals surface area contributed by atoms with Crippen LogP contribution in [0.25, 0.3) is 0 Å². The van der Waals surface area contributed by atoms with Crippen molar-refractivity contribution >= 4 is 5.91 Å². The Kier molecular flexibility index (Phi) is 6.22. The largest absolute Gasteiger partial charge is 0.496 e. The van der Waals surface area contributed by atoms with Gasteiger partial charge in [0.1, 0.15) is 5.75 Å². The number of carbonyl (C=O) groups is 1. The maximum absolute atomic E-state index is 12.2. The first-order valence-electron chi connectivity index (χ1n) is 6.20. The standard InChI is InChI=1S/C14H21NO3/c1-15(10-6-3-7-11-16)14(17)12-8-4-5-9-13(12)18-2/h4-5,8-9,16H,3,6-7,10-11H2,1-2H3. The average Bonchev–Trinajstić information content (AvgIpc) is 2.42. The lowest BCUT2D eigenvalue weighted by Crippen LogP contribution is -2.28. The van der Waals surface area contributed by atoms with Gasteiger partial charge in [0, 0.05) is 20.2 Å². The first-order chi connectivity index (χ1) is 8.70. The minimum absolute atomic E-state index is 0.0311. The molecule has 0 unspecified atom stereocenters. The van der Waals surface area contributed by atoms with Crippen molar-refractivity contribution in [2.45, 2.75) is 19.3 Å². The van der Waals surface area contributed by atoms with Gasteiger partial charge in [-0.05, 0) is 31.4 Å². The monoisotopic (exact) mass is 251 g/mol. The molecular weight excluding hydrogens is 230 g/mol. The second-order valence-electron chi connectivity index (χ2n) is 4.21. The van der Waals surface area contributed by atoms with Crippen LogP contribution in [0.1, 0.15) is 29.6 Å². The Hall–Kier alpha value is -1.55. The highest BCUT2D eigenvalue weighted by molar-refractivity contribution is 5.96. The Morgan fingerprint density at radius 1 is 1.28 bits per heavy atom. The van der Waals surface area contributed by atoms with Gasteiger partial charge in [-0.2, -0.15) is 0 Å². The molecule has 0 atom stereocenters. The lowest BCUT2D eigenvalue weighted by atomic mass is 10.1. The van der Waals surface area contributed by atoms with E-state index in [4.69, 9.17) is 9.84 Å². The third-order valence-corrected chi connectivity index (χ3v) is 2.84. The minimum Gasteiger partial charge on any atom is -0.496 e. The van der Waals surface area contributed by atoms with Crippen LogP contribution in [-0.2, 0) is 0 Å². The van der Waals surface area contributed by atoms with Gasteiger partial charge in [0.15, 0.2) is 0 Å². The number of benzene rings is 1. The van der Waals surface area contributed by atoms with Crippen molar-refractivity contribution in [3.8, 4) is 5.75 Å². The highest BCUT2D eigenvalue weighted by atomic mass is 16.5. The fourth-order valence-corrected chi connectivity index (χ4v) is 1.77. The minimum atomic E-state index is -0.0311. The first-order valence-corrected chi connectivity index (χ1v) is 6.20. The second-order valence-corrected chi connectivity index (χ2v) is 4.21. The van der Waals surface area contributed by atoms with E-state index in [1.807, 2.05) is 12.1 Å². The molecule has 18 heavy (non-hydrogen) atoms. The summed E-state index contributed by atoms with van der Waals surface area (Å²) in [5, 5.41) is 8.69. The number of nitrogens with zero attached hydrogens (tertiary/aromatic N) is 1. The van der Waals surface area contributed by atoms with Crippen LogP contribution in [-0.4, -0.2) is 43.2 Å². The normalized spacial score (nSPS) is 10.2. The first kappa shape index (κ1) is 14.5. The van der Waals surface area contributed by atoms with E-state index in [2.05, 4.69) is 0 Å². The van der Waals surface area contributed by atoms with E-state index in [9.17, 15) is 4.79 Å². The van der Waals surface area contributed by atoms with Crippen LogP contribution in [0, 0.1) is 0 Å². The number of unbranched alkanes of at least 4 members (excludes halogenated alkanes) is 2. The van der Waals surface area contributed by atoms with Crippen LogP contribution in [0.5, 0.6) is 5.75 Å². The fourth-order valence-electron chi connectivity index (χ4n) is 1.77. The van der Waals surface area contributed by atoms with Crippen LogP contribution in [0.2, 0.25) is 0 Å². The Bertz CT molecular complexity index is 379. The summed E-state index contributed by atoms with van der Waals surface area (Å²) in [4.78, 5) is 13.9. The molecule has 1 N–H and O–H groups in total. The van der Waals surface area contributed by atoms with Gasteiger partial charge in [-0.3, -0.25) is 4.79 Å². The summed E-state index contributed by atoms with van der Waals surface area (Å²) in [6.45, 7) is 0.904. The predicted molar refractivity (Wildman–Crippen MR) is 70.9 cm³/mol. The van der Waals surface area contributed by atoms with E-state index in [1.54, 1.807) is 31.2 Å². The number of carbonyl (C=O) groups excluding carboxylic acids is 1. The Balaban J connectivity index is 2.57. The quantitative estimate of drug-likeness (QED) is 0.753. The molecule has 0 saturated heterocycles. The number of para-hydroxylation sites is 1. The topological polar surface area (TPSA) is 49.8 Å². The van der Waals surface area contributed by atoms with Crippen molar-refractivity contribution in [3.05, 3.63) is 29.8 Å². The van der Waals surface area contributed by atoms with Crippen molar-refractivity contribution in [2.24, 2.45) is 0 Å². The Morgan fingerprint density at radius 3 is 2.67 bits per heavy atom. The molecule has 0 aliphatic carbocycles. The molecule has 0 aromatic heterocycles. The van der Waals surface area contributed by atoms with Crippen LogP contribution in [0.3, 0.4) is 0 Å². The Morgan fingerprint density at radius 2 is 2.00 bits per heavy atom. The molecule has 4 heteroatoms. The molecule has 0 aliphatic heterocycles. The molecule has 1 aromatic rings. The number of rotatable bonds is 7. The third kappa shape index (κ3) is 4.04. The molecule has 1 amide bonds. The highest BCUT2D eigenvalue weighted by Gasteiger charge is 2.15. The van der Waals surface area contributed by atoms with Gasteiger partial charge in [-0.1, -0.05) is 12.1 Å². The lowest BCUT2D eigenvalue weighted by Gasteiger charge is -2.18. The molecule has 0 spiro atoms. The van der Waals surface area contributed by atoms with E-state index < -0.39 is 0 Å². The van der Waals surface area contributed by atoms with Crippen LogP contribution >= 0.6 is 0 Å². The zero-order valence-electron chi connectivity index (χ0n) is 11.1. The lowest BCUT2D eigenvalue weighted by molar-refractivity contribution is 0.0789. The molecule has 4 nitrogen and oxygen atoms in total. The van der Waals surface area contributed by atoms with Gasteiger partial charge in [-0.25, -0.2) is 0 Å². The molecule has 100 valence electrons. The summed E-state index contributed by atoms with van der Waals surface area (Å²) in [5.74, 6) is 0.571. The predicted octanol–water partition coefficient (Wildman–Crippen LogP) is 1.93. The Labute approximate surface area is 108 Å². The van der Waals surface area contributed by atoms with Gasteiger partial charge in [0.05, 0.1) is 12.7 Å². The number of aliphatic hydroxyl groups excluding tert-OH is 1. The second kappa shape index (κ2) is 7.71. The fraction of sp³-hybridized carbons (Fsp3) is 0.500. The SMILES string of the molecule is COc1ccccc1C(=O)N(C)CCCCCO. The van der Waals surface area contributed by atoms with E-state index in [1.165, 1.54) is 0 Å². The molecule has 1 rings (SSSR count). The molecular formula is C14H21NO3. The van der Waals surface area contributed by atoms with Crippen molar-refractivity contribution in [2.75, 3.05) is 27.3 Å². The maximum atomic E-state index is 12.2. The number of amides is 1. The van der Waals surface area contributed by atoms with Gasteiger partial charge in [0.25, 0.3) is 5.91 Å². The molecule has 0 heterocycles. The third-order valence-electron chi connectivity index (χ3n) is 2.84. The summed E-state index contributed by atoms with van der Waals surface area (Å²) in [7, 11) is 3.35. The molecule has 0 fully saturated rings. The van der Waals surface area contributed by atoms with Crippen LogP contribution in [0.4, 0.5) is 0 Å². The van der Waals surface area contributed by atoms with Gasteiger partial charge < -0.3 is 14.7 Å². The molecule has 1 aromatic carbocycles. The number of hydrogen-bond acceptors (Lipinski definition) is 3.